The Bertz CT molecular complexity index is 652. The monoisotopic (exact) mass is 359 g/mol. The number of carboxylic acid groups (broad SMARTS) is 1. The molecular formula is C16H23Cl2N3O2. The van der Waals surface area contributed by atoms with E-state index in [0.717, 1.165) is 49.1 Å². The summed E-state index contributed by atoms with van der Waals surface area (Å²) in [6, 6.07) is 8.15. The molecule has 0 unspecified atom stereocenters. The van der Waals surface area contributed by atoms with Crippen LogP contribution in [0.3, 0.4) is 0 Å². The lowest BCUT2D eigenvalue weighted by molar-refractivity contribution is 0.0691. The van der Waals surface area contributed by atoms with Crippen molar-refractivity contribution in [1.29, 1.82) is 0 Å². The molecule has 1 fully saturated rings. The Morgan fingerprint density at radius 3 is 2.61 bits per heavy atom. The normalized spacial score (nSPS) is 15.7. The summed E-state index contributed by atoms with van der Waals surface area (Å²) >= 11 is 0. The molecule has 0 atom stereocenters. The van der Waals surface area contributed by atoms with E-state index in [1.165, 1.54) is 0 Å². The largest absolute Gasteiger partial charge is 0.477 e. The summed E-state index contributed by atoms with van der Waals surface area (Å²) in [6.45, 7) is 5.61. The number of nitrogens with one attached hydrogen (secondary N) is 2. The topological polar surface area (TPSA) is 68.4 Å². The number of aromatic nitrogens is 1. The highest BCUT2D eigenvalue weighted by Gasteiger charge is 2.17. The van der Waals surface area contributed by atoms with Crippen molar-refractivity contribution in [3.63, 3.8) is 0 Å². The van der Waals surface area contributed by atoms with Gasteiger partial charge in [-0.3, -0.25) is 0 Å². The Morgan fingerprint density at radius 2 is 2.00 bits per heavy atom. The minimum Gasteiger partial charge on any atom is -0.477 e. The van der Waals surface area contributed by atoms with E-state index >= 15 is 0 Å². The molecule has 0 saturated carbocycles. The molecule has 1 aliphatic rings. The highest BCUT2D eigenvalue weighted by atomic mass is 35.5. The standard InChI is InChI=1S/C16H21N3O2.2ClH/c1-2-19-7-5-12(6-8-19)17-13-3-4-14-11(9-13)10-15(18-14)16(20)21;;/h3-4,9-10,12,17-18H,2,5-8H2,1H3,(H,20,21);2*1H. The number of anilines is 1. The van der Waals surface area contributed by atoms with Gasteiger partial charge in [-0.25, -0.2) is 4.79 Å². The maximum atomic E-state index is 11.0. The Kier molecular flexibility index (Phi) is 7.19. The van der Waals surface area contributed by atoms with Crippen LogP contribution in [0, 0.1) is 0 Å². The van der Waals surface area contributed by atoms with Gasteiger partial charge in [-0.2, -0.15) is 0 Å². The van der Waals surface area contributed by atoms with Gasteiger partial charge in [0.1, 0.15) is 5.69 Å². The zero-order valence-electron chi connectivity index (χ0n) is 13.0. The molecule has 2 heterocycles. The summed E-state index contributed by atoms with van der Waals surface area (Å²) < 4.78 is 0. The Hall–Kier alpha value is -1.43. The number of aromatic carboxylic acids is 1. The van der Waals surface area contributed by atoms with E-state index in [4.69, 9.17) is 5.11 Å². The first-order valence-electron chi connectivity index (χ1n) is 7.50. The molecule has 2 aromatic rings. The highest BCUT2D eigenvalue weighted by Crippen LogP contribution is 2.22. The predicted octanol–water partition coefficient (Wildman–Crippen LogP) is 3.61. The van der Waals surface area contributed by atoms with Crippen molar-refractivity contribution < 1.29 is 9.90 Å². The number of likely N-dealkylation sites (tertiary alicyclic amines) is 1. The van der Waals surface area contributed by atoms with E-state index in [-0.39, 0.29) is 30.5 Å². The molecule has 0 amide bonds. The van der Waals surface area contributed by atoms with Crippen molar-refractivity contribution >= 4 is 47.4 Å². The lowest BCUT2D eigenvalue weighted by Gasteiger charge is -2.32. The quantitative estimate of drug-likeness (QED) is 0.779. The number of piperidine rings is 1. The van der Waals surface area contributed by atoms with Crippen LogP contribution < -0.4 is 5.32 Å². The number of benzene rings is 1. The van der Waals surface area contributed by atoms with Gasteiger partial charge in [0.05, 0.1) is 0 Å². The van der Waals surface area contributed by atoms with Crippen LogP contribution >= 0.6 is 24.8 Å². The first kappa shape index (κ1) is 19.6. The molecule has 0 bridgehead atoms. The second-order valence-corrected chi connectivity index (χ2v) is 5.64. The summed E-state index contributed by atoms with van der Waals surface area (Å²) in [5.74, 6) is -0.923. The molecule has 0 spiro atoms. The second-order valence-electron chi connectivity index (χ2n) is 5.64. The number of carboxylic acids is 1. The molecule has 1 aromatic heterocycles. The zero-order chi connectivity index (χ0) is 14.8. The summed E-state index contributed by atoms with van der Waals surface area (Å²) in [7, 11) is 0. The fourth-order valence-corrected chi connectivity index (χ4v) is 2.97. The lowest BCUT2D eigenvalue weighted by atomic mass is 10.0. The van der Waals surface area contributed by atoms with Gasteiger partial charge in [0.25, 0.3) is 0 Å². The van der Waals surface area contributed by atoms with Gasteiger partial charge in [0.2, 0.25) is 0 Å². The fourth-order valence-electron chi connectivity index (χ4n) is 2.97. The summed E-state index contributed by atoms with van der Waals surface area (Å²) in [4.78, 5) is 16.4. The molecule has 0 radical (unpaired) electrons. The summed E-state index contributed by atoms with van der Waals surface area (Å²) in [5.41, 5.74) is 2.16. The molecule has 3 rings (SSSR count). The molecule has 1 saturated heterocycles. The third-order valence-electron chi connectivity index (χ3n) is 4.26. The van der Waals surface area contributed by atoms with Crippen LogP contribution in [-0.4, -0.2) is 46.6 Å². The zero-order valence-corrected chi connectivity index (χ0v) is 14.7. The Labute approximate surface area is 148 Å². The fraction of sp³-hybridized carbons (Fsp3) is 0.438. The molecule has 128 valence electrons. The smallest absolute Gasteiger partial charge is 0.352 e. The van der Waals surface area contributed by atoms with Gasteiger partial charge in [0.15, 0.2) is 0 Å². The van der Waals surface area contributed by atoms with Crippen molar-refractivity contribution in [2.45, 2.75) is 25.8 Å². The van der Waals surface area contributed by atoms with Crippen LogP contribution in [0.2, 0.25) is 0 Å². The van der Waals surface area contributed by atoms with Crippen molar-refractivity contribution in [2.75, 3.05) is 25.0 Å². The number of hydrogen-bond donors (Lipinski definition) is 3. The van der Waals surface area contributed by atoms with Gasteiger partial charge in [-0.1, -0.05) is 6.92 Å². The molecule has 0 aliphatic carbocycles. The van der Waals surface area contributed by atoms with E-state index in [2.05, 4.69) is 22.1 Å². The third kappa shape index (κ3) is 4.53. The molecule has 5 nitrogen and oxygen atoms in total. The Balaban J connectivity index is 0.00000132. The van der Waals surface area contributed by atoms with Crippen LogP contribution in [0.4, 0.5) is 5.69 Å². The van der Waals surface area contributed by atoms with Crippen LogP contribution in [-0.2, 0) is 0 Å². The molecular weight excluding hydrogens is 337 g/mol. The number of H-pyrrole nitrogens is 1. The van der Waals surface area contributed by atoms with Crippen molar-refractivity contribution in [3.8, 4) is 0 Å². The van der Waals surface area contributed by atoms with Gasteiger partial charge in [-0.05, 0) is 43.7 Å². The predicted molar refractivity (Wildman–Crippen MR) is 98.5 cm³/mol. The summed E-state index contributed by atoms with van der Waals surface area (Å²) in [5, 5.41) is 13.5. The van der Waals surface area contributed by atoms with E-state index in [0.29, 0.717) is 6.04 Å². The average molecular weight is 360 g/mol. The van der Waals surface area contributed by atoms with E-state index < -0.39 is 5.97 Å². The van der Waals surface area contributed by atoms with Crippen LogP contribution in [0.1, 0.15) is 30.3 Å². The first-order valence-corrected chi connectivity index (χ1v) is 7.50. The van der Waals surface area contributed by atoms with Crippen LogP contribution in [0.15, 0.2) is 24.3 Å². The maximum absolute atomic E-state index is 11.0. The minimum absolute atomic E-state index is 0. The summed E-state index contributed by atoms with van der Waals surface area (Å²) in [6.07, 6.45) is 2.30. The number of rotatable bonds is 4. The molecule has 3 N–H and O–H groups in total. The molecule has 23 heavy (non-hydrogen) atoms. The number of fused-ring (bicyclic) bond motifs is 1. The lowest BCUT2D eigenvalue weighted by Crippen LogP contribution is -2.38. The van der Waals surface area contributed by atoms with Crippen LogP contribution in [0.5, 0.6) is 0 Å². The minimum atomic E-state index is -0.923. The highest BCUT2D eigenvalue weighted by molar-refractivity contribution is 5.94. The van der Waals surface area contributed by atoms with Crippen molar-refractivity contribution in [1.82, 2.24) is 9.88 Å². The number of hydrogen-bond acceptors (Lipinski definition) is 3. The van der Waals surface area contributed by atoms with Crippen molar-refractivity contribution in [2.24, 2.45) is 0 Å². The third-order valence-corrected chi connectivity index (χ3v) is 4.26. The number of aromatic amines is 1. The maximum Gasteiger partial charge on any atom is 0.352 e. The van der Waals surface area contributed by atoms with E-state index in [1.807, 2.05) is 18.2 Å². The number of halogens is 2. The first-order chi connectivity index (χ1) is 10.2. The van der Waals surface area contributed by atoms with Gasteiger partial charge >= 0.3 is 5.97 Å². The van der Waals surface area contributed by atoms with Gasteiger partial charge < -0.3 is 20.3 Å². The molecule has 1 aliphatic heterocycles. The van der Waals surface area contributed by atoms with Gasteiger partial charge in [0, 0.05) is 35.7 Å². The van der Waals surface area contributed by atoms with E-state index in [1.54, 1.807) is 6.07 Å². The average Bonchev–Trinajstić information content (AvgIpc) is 2.91. The Morgan fingerprint density at radius 1 is 1.30 bits per heavy atom. The number of carbonyl (C=O) groups is 1. The van der Waals surface area contributed by atoms with E-state index in [9.17, 15) is 4.79 Å². The molecule has 1 aromatic carbocycles. The second kappa shape index (κ2) is 8.43. The molecule has 7 heteroatoms. The number of nitrogens with zero attached hydrogens (tertiary/aromatic N) is 1. The SMILES string of the molecule is CCN1CCC(Nc2ccc3[nH]c(C(=O)O)cc3c2)CC1.Cl.Cl. The van der Waals surface area contributed by atoms with Gasteiger partial charge in [-0.15, -0.1) is 24.8 Å². The van der Waals surface area contributed by atoms with Crippen molar-refractivity contribution in [3.05, 3.63) is 30.0 Å². The van der Waals surface area contributed by atoms with Crippen LogP contribution in [0.25, 0.3) is 10.9 Å².